The molecule has 0 N–H and O–H groups in total. The van der Waals surface area contributed by atoms with E-state index in [1.54, 1.807) is 0 Å². The van der Waals surface area contributed by atoms with Crippen molar-refractivity contribution < 1.29 is 26.3 Å². The topological polar surface area (TPSA) is 17.8 Å². The van der Waals surface area contributed by atoms with Crippen LogP contribution in [0.5, 0.6) is 0 Å². The lowest BCUT2D eigenvalue weighted by atomic mass is 10.0. The highest BCUT2D eigenvalue weighted by molar-refractivity contribution is 5.36. The first-order valence-corrected chi connectivity index (χ1v) is 5.87. The lowest BCUT2D eigenvalue weighted by molar-refractivity contribution is -0.143. The molecule has 0 spiro atoms. The molecule has 22 heavy (non-hydrogen) atoms. The van der Waals surface area contributed by atoms with E-state index in [0.29, 0.717) is 11.6 Å². The lowest BCUT2D eigenvalue weighted by Gasteiger charge is -2.16. The fraction of sp³-hybridized carbons (Fsp3) is 0.214. The Morgan fingerprint density at radius 1 is 1.09 bits per heavy atom. The Kier molecular flexibility index (Phi) is 3.92. The van der Waals surface area contributed by atoms with Crippen LogP contribution in [0.15, 0.2) is 30.6 Å². The molecule has 0 saturated heterocycles. The second-order valence-corrected chi connectivity index (χ2v) is 4.44. The maximum Gasteiger partial charge on any atom is 0.416 e. The summed E-state index contributed by atoms with van der Waals surface area (Å²) >= 11 is 0. The van der Waals surface area contributed by atoms with E-state index in [4.69, 9.17) is 6.42 Å². The third-order valence-corrected chi connectivity index (χ3v) is 2.87. The van der Waals surface area contributed by atoms with Gasteiger partial charge in [0.15, 0.2) is 0 Å². The van der Waals surface area contributed by atoms with Crippen LogP contribution in [0.1, 0.15) is 22.3 Å². The third kappa shape index (κ3) is 3.42. The van der Waals surface area contributed by atoms with Crippen LogP contribution in [0.4, 0.5) is 26.3 Å². The van der Waals surface area contributed by atoms with Crippen molar-refractivity contribution in [1.82, 2.24) is 9.78 Å². The van der Waals surface area contributed by atoms with Crippen molar-refractivity contribution >= 4 is 0 Å². The number of nitrogens with zero attached hydrogens (tertiary/aromatic N) is 2. The Balaban J connectivity index is 2.44. The maximum absolute atomic E-state index is 13.0. The highest BCUT2D eigenvalue weighted by atomic mass is 19.4. The molecule has 1 heterocycles. The number of rotatable bonds is 2. The summed E-state index contributed by atoms with van der Waals surface area (Å²) in [6, 6.07) is 1.50. The molecule has 1 aromatic heterocycles. The summed E-state index contributed by atoms with van der Waals surface area (Å²) in [6.45, 7) is -0.339. The monoisotopic (exact) mass is 318 g/mol. The Hall–Kier alpha value is -2.43. The smallest absolute Gasteiger partial charge is 0.267 e. The molecule has 0 atom stereocenters. The van der Waals surface area contributed by atoms with Gasteiger partial charge in [0, 0.05) is 6.20 Å². The lowest BCUT2D eigenvalue weighted by Crippen LogP contribution is -2.15. The quantitative estimate of drug-likeness (QED) is 0.605. The zero-order chi connectivity index (χ0) is 16.5. The summed E-state index contributed by atoms with van der Waals surface area (Å²) in [5.41, 5.74) is -2.67. The van der Waals surface area contributed by atoms with E-state index < -0.39 is 23.5 Å². The first-order chi connectivity index (χ1) is 10.1. The fourth-order valence-electron chi connectivity index (χ4n) is 1.85. The van der Waals surface area contributed by atoms with Gasteiger partial charge in [0.1, 0.15) is 0 Å². The number of benzene rings is 1. The summed E-state index contributed by atoms with van der Waals surface area (Å²) in [5.74, 6) is 2.25. The Morgan fingerprint density at radius 2 is 1.77 bits per heavy atom. The van der Waals surface area contributed by atoms with Crippen molar-refractivity contribution in [3.63, 3.8) is 0 Å². The first-order valence-electron chi connectivity index (χ1n) is 5.87. The standard InChI is InChI=1S/C14H8F6N2/c1-2-9-6-21-22(7-9)8-10-3-4-11(13(15,16)17)5-12(10)14(18,19)20/h1,3-7H,8H2. The van der Waals surface area contributed by atoms with Crippen molar-refractivity contribution in [2.24, 2.45) is 0 Å². The molecule has 1 aromatic carbocycles. The molecule has 0 aliphatic heterocycles. The van der Waals surface area contributed by atoms with Crippen LogP contribution in [0, 0.1) is 12.3 Å². The highest BCUT2D eigenvalue weighted by Crippen LogP contribution is 2.37. The molecular weight excluding hydrogens is 310 g/mol. The van der Waals surface area contributed by atoms with Gasteiger partial charge in [-0.15, -0.1) is 6.42 Å². The molecular formula is C14H8F6N2. The van der Waals surface area contributed by atoms with E-state index in [9.17, 15) is 26.3 Å². The van der Waals surface area contributed by atoms with E-state index in [0.717, 1.165) is 10.7 Å². The molecule has 0 fully saturated rings. The molecule has 0 saturated carbocycles. The molecule has 8 heteroatoms. The van der Waals surface area contributed by atoms with Gasteiger partial charge in [0.05, 0.1) is 29.4 Å². The zero-order valence-electron chi connectivity index (χ0n) is 10.8. The van der Waals surface area contributed by atoms with E-state index in [1.807, 2.05) is 0 Å². The second kappa shape index (κ2) is 5.40. The zero-order valence-corrected chi connectivity index (χ0v) is 10.8. The Bertz CT molecular complexity index is 718. The number of halogens is 6. The Labute approximate surface area is 121 Å². The van der Waals surface area contributed by atoms with Gasteiger partial charge in [0.25, 0.3) is 0 Å². The van der Waals surface area contributed by atoms with Gasteiger partial charge in [-0.2, -0.15) is 31.4 Å². The van der Waals surface area contributed by atoms with E-state index >= 15 is 0 Å². The fourth-order valence-corrected chi connectivity index (χ4v) is 1.85. The molecule has 0 aliphatic rings. The summed E-state index contributed by atoms with van der Waals surface area (Å²) < 4.78 is 77.7. The summed E-state index contributed by atoms with van der Waals surface area (Å²) in [5, 5.41) is 3.76. The predicted octanol–water partition coefficient (Wildman–Crippen LogP) is 3.95. The van der Waals surface area contributed by atoms with Crippen molar-refractivity contribution in [3.8, 4) is 12.3 Å². The molecule has 0 aliphatic carbocycles. The summed E-state index contributed by atoms with van der Waals surface area (Å²) in [6.07, 6.45) is -2.03. The van der Waals surface area contributed by atoms with Crippen LogP contribution in [-0.4, -0.2) is 9.78 Å². The van der Waals surface area contributed by atoms with Gasteiger partial charge in [-0.1, -0.05) is 12.0 Å². The van der Waals surface area contributed by atoms with E-state index in [1.165, 1.54) is 12.4 Å². The van der Waals surface area contributed by atoms with Crippen LogP contribution in [-0.2, 0) is 18.9 Å². The van der Waals surface area contributed by atoms with Crippen molar-refractivity contribution in [1.29, 1.82) is 0 Å². The van der Waals surface area contributed by atoms with Gasteiger partial charge >= 0.3 is 12.4 Å². The molecule has 0 bridgehead atoms. The second-order valence-electron chi connectivity index (χ2n) is 4.44. The molecule has 116 valence electrons. The van der Waals surface area contributed by atoms with Gasteiger partial charge in [-0.25, -0.2) is 0 Å². The van der Waals surface area contributed by atoms with Crippen LogP contribution < -0.4 is 0 Å². The average Bonchev–Trinajstić information content (AvgIpc) is 2.84. The van der Waals surface area contributed by atoms with Crippen molar-refractivity contribution in [2.75, 3.05) is 0 Å². The van der Waals surface area contributed by atoms with Gasteiger partial charge in [-0.05, 0) is 17.7 Å². The maximum atomic E-state index is 13.0. The molecule has 0 amide bonds. The SMILES string of the molecule is C#Cc1cnn(Cc2ccc(C(F)(F)F)cc2C(F)(F)F)c1. The first kappa shape index (κ1) is 15.9. The molecule has 0 radical (unpaired) electrons. The van der Waals surface area contributed by atoms with Crippen molar-refractivity contribution in [3.05, 3.63) is 52.8 Å². The van der Waals surface area contributed by atoms with Gasteiger partial charge in [-0.3, -0.25) is 4.68 Å². The van der Waals surface area contributed by atoms with Crippen LogP contribution in [0.2, 0.25) is 0 Å². The highest BCUT2D eigenvalue weighted by Gasteiger charge is 2.38. The number of aromatic nitrogens is 2. The summed E-state index contributed by atoms with van der Waals surface area (Å²) in [7, 11) is 0. The largest absolute Gasteiger partial charge is 0.416 e. The van der Waals surface area contributed by atoms with Crippen molar-refractivity contribution in [2.45, 2.75) is 18.9 Å². The number of hydrogen-bond donors (Lipinski definition) is 0. The molecule has 2 nitrogen and oxygen atoms in total. The van der Waals surface area contributed by atoms with E-state index in [-0.39, 0.29) is 18.2 Å². The minimum absolute atomic E-state index is 0.0981. The number of hydrogen-bond acceptors (Lipinski definition) is 1. The van der Waals surface area contributed by atoms with E-state index in [2.05, 4.69) is 11.0 Å². The Morgan fingerprint density at radius 3 is 2.27 bits per heavy atom. The summed E-state index contributed by atoms with van der Waals surface area (Å²) in [4.78, 5) is 0. The van der Waals surface area contributed by atoms with Gasteiger partial charge < -0.3 is 0 Å². The van der Waals surface area contributed by atoms with Crippen LogP contribution >= 0.6 is 0 Å². The number of alkyl halides is 6. The minimum atomic E-state index is -4.90. The van der Waals surface area contributed by atoms with Gasteiger partial charge in [0.2, 0.25) is 0 Å². The predicted molar refractivity (Wildman–Crippen MR) is 65.7 cm³/mol. The third-order valence-electron chi connectivity index (χ3n) is 2.87. The minimum Gasteiger partial charge on any atom is -0.267 e. The van der Waals surface area contributed by atoms with Crippen LogP contribution in [0.3, 0.4) is 0 Å². The van der Waals surface area contributed by atoms with Crippen LogP contribution in [0.25, 0.3) is 0 Å². The molecule has 2 aromatic rings. The molecule has 0 unspecified atom stereocenters. The normalized spacial score (nSPS) is 12.2. The average molecular weight is 318 g/mol. The molecule has 2 rings (SSSR count). The number of terminal acetylenes is 1.